The Labute approximate surface area is 245 Å². The highest BCUT2D eigenvalue weighted by Gasteiger charge is 2.40. The van der Waals surface area contributed by atoms with Gasteiger partial charge in [0.2, 0.25) is 11.8 Å². The Morgan fingerprint density at radius 1 is 1.05 bits per heavy atom. The molecule has 3 aromatic rings. The van der Waals surface area contributed by atoms with Crippen LogP contribution >= 0.6 is 23.4 Å². The standard InChI is InChI=1S/C30H36ClN5O3S/c1-5-30(4,28(38)34-25-10-12-26(13-11-25)35-14-16-39-17-15-35)36(19-23-6-8-24(31)9-7-23)27(37)20-40-29-32-21(2)18-22(3)33-29/h6-13,18H,5,14-17,19-20H2,1-4H3,(H,34,38). The van der Waals surface area contributed by atoms with E-state index in [0.29, 0.717) is 35.5 Å². The number of aromatic nitrogens is 2. The van der Waals surface area contributed by atoms with Gasteiger partial charge in [0, 0.05) is 47.4 Å². The van der Waals surface area contributed by atoms with Crippen molar-refractivity contribution in [3.8, 4) is 0 Å². The maximum Gasteiger partial charge on any atom is 0.250 e. The number of benzene rings is 2. The summed E-state index contributed by atoms with van der Waals surface area (Å²) in [5.41, 5.74) is 3.23. The molecule has 4 rings (SSSR count). The van der Waals surface area contributed by atoms with E-state index in [0.717, 1.165) is 35.7 Å². The highest BCUT2D eigenvalue weighted by Crippen LogP contribution is 2.28. The van der Waals surface area contributed by atoms with Crippen molar-refractivity contribution in [1.29, 1.82) is 0 Å². The first-order valence-corrected chi connectivity index (χ1v) is 14.8. The van der Waals surface area contributed by atoms with Gasteiger partial charge in [-0.2, -0.15) is 0 Å². The lowest BCUT2D eigenvalue weighted by molar-refractivity contribution is -0.143. The van der Waals surface area contributed by atoms with Crippen molar-refractivity contribution in [3.05, 3.63) is 76.6 Å². The van der Waals surface area contributed by atoms with E-state index in [2.05, 4.69) is 20.2 Å². The molecule has 212 valence electrons. The second kappa shape index (κ2) is 13.5. The minimum Gasteiger partial charge on any atom is -0.378 e. The summed E-state index contributed by atoms with van der Waals surface area (Å²) in [6, 6.07) is 17.0. The molecular formula is C30H36ClN5O3S. The molecule has 1 atom stereocenters. The van der Waals surface area contributed by atoms with Crippen LogP contribution in [-0.2, 0) is 20.9 Å². The minimum absolute atomic E-state index is 0.105. The van der Waals surface area contributed by atoms with Gasteiger partial charge in [-0.1, -0.05) is 42.4 Å². The van der Waals surface area contributed by atoms with Crippen molar-refractivity contribution in [2.45, 2.75) is 51.4 Å². The van der Waals surface area contributed by atoms with Crippen LogP contribution in [0.25, 0.3) is 0 Å². The van der Waals surface area contributed by atoms with E-state index in [-0.39, 0.29) is 24.1 Å². The fraction of sp³-hybridized carbons (Fsp3) is 0.400. The number of anilines is 2. The third-order valence-electron chi connectivity index (χ3n) is 7.12. The lowest BCUT2D eigenvalue weighted by Gasteiger charge is -2.39. The third kappa shape index (κ3) is 7.53. The molecule has 1 unspecified atom stereocenters. The average Bonchev–Trinajstić information content (AvgIpc) is 2.95. The van der Waals surface area contributed by atoms with Gasteiger partial charge in [0.25, 0.3) is 0 Å². The number of carbonyl (C=O) groups is 2. The lowest BCUT2D eigenvalue weighted by Crippen LogP contribution is -2.57. The number of nitrogens with one attached hydrogen (secondary N) is 1. The maximum absolute atomic E-state index is 13.8. The highest BCUT2D eigenvalue weighted by molar-refractivity contribution is 7.99. The van der Waals surface area contributed by atoms with E-state index < -0.39 is 5.54 Å². The van der Waals surface area contributed by atoms with Crippen LogP contribution in [0.3, 0.4) is 0 Å². The van der Waals surface area contributed by atoms with E-state index in [4.69, 9.17) is 16.3 Å². The summed E-state index contributed by atoms with van der Waals surface area (Å²) in [5.74, 6) is -0.317. The van der Waals surface area contributed by atoms with Crippen LogP contribution in [0.15, 0.2) is 59.8 Å². The van der Waals surface area contributed by atoms with Crippen LogP contribution in [0.2, 0.25) is 5.02 Å². The van der Waals surface area contributed by atoms with Gasteiger partial charge in [-0.3, -0.25) is 9.59 Å². The zero-order chi connectivity index (χ0) is 28.7. The molecule has 0 aliphatic carbocycles. The first-order chi connectivity index (χ1) is 19.2. The fourth-order valence-electron chi connectivity index (χ4n) is 4.59. The zero-order valence-electron chi connectivity index (χ0n) is 23.4. The van der Waals surface area contributed by atoms with Crippen LogP contribution in [0, 0.1) is 13.8 Å². The number of amides is 2. The summed E-state index contributed by atoms with van der Waals surface area (Å²) < 4.78 is 5.44. The molecule has 0 spiro atoms. The molecule has 0 saturated carbocycles. The topological polar surface area (TPSA) is 87.7 Å². The number of aryl methyl sites for hydroxylation is 2. The fourth-order valence-corrected chi connectivity index (χ4v) is 5.54. The number of hydrogen-bond acceptors (Lipinski definition) is 7. The number of thioether (sulfide) groups is 1. The molecule has 1 aliphatic rings. The monoisotopic (exact) mass is 581 g/mol. The summed E-state index contributed by atoms with van der Waals surface area (Å²) in [7, 11) is 0. The summed E-state index contributed by atoms with van der Waals surface area (Å²) in [4.78, 5) is 40.4. The molecule has 1 N–H and O–H groups in total. The molecule has 2 amide bonds. The largest absolute Gasteiger partial charge is 0.378 e. The van der Waals surface area contributed by atoms with E-state index in [1.54, 1.807) is 17.0 Å². The molecule has 0 bridgehead atoms. The van der Waals surface area contributed by atoms with Gasteiger partial charge in [-0.25, -0.2) is 9.97 Å². The molecule has 1 fully saturated rings. The first kappa shape index (κ1) is 29.8. The predicted molar refractivity (Wildman–Crippen MR) is 161 cm³/mol. The van der Waals surface area contributed by atoms with Crippen molar-refractivity contribution in [1.82, 2.24) is 14.9 Å². The Morgan fingerprint density at radius 3 is 2.27 bits per heavy atom. The van der Waals surface area contributed by atoms with Crippen LogP contribution in [0.4, 0.5) is 11.4 Å². The van der Waals surface area contributed by atoms with Crippen molar-refractivity contribution < 1.29 is 14.3 Å². The molecular weight excluding hydrogens is 546 g/mol. The highest BCUT2D eigenvalue weighted by atomic mass is 35.5. The normalized spacial score (nSPS) is 14.9. The van der Waals surface area contributed by atoms with Crippen LogP contribution in [0.1, 0.15) is 37.2 Å². The summed E-state index contributed by atoms with van der Waals surface area (Å²) in [6.07, 6.45) is 0.425. The van der Waals surface area contributed by atoms with Crippen LogP contribution < -0.4 is 10.2 Å². The average molecular weight is 582 g/mol. The quantitative estimate of drug-likeness (QED) is 0.249. The zero-order valence-corrected chi connectivity index (χ0v) is 25.0. The van der Waals surface area contributed by atoms with Gasteiger partial charge in [0.15, 0.2) is 5.16 Å². The van der Waals surface area contributed by atoms with E-state index in [9.17, 15) is 9.59 Å². The lowest BCUT2D eigenvalue weighted by atomic mass is 9.93. The molecule has 1 saturated heterocycles. The number of nitrogens with zero attached hydrogens (tertiary/aromatic N) is 4. The Hall–Kier alpha value is -3.14. The van der Waals surface area contributed by atoms with Gasteiger partial charge in [0.05, 0.1) is 19.0 Å². The molecule has 1 aliphatic heterocycles. The Bertz CT molecular complexity index is 1300. The third-order valence-corrected chi connectivity index (χ3v) is 8.20. The van der Waals surface area contributed by atoms with E-state index in [1.807, 2.05) is 70.2 Å². The summed E-state index contributed by atoms with van der Waals surface area (Å²) in [6.45, 7) is 10.9. The maximum atomic E-state index is 13.8. The number of halogens is 1. The molecule has 2 heterocycles. The number of rotatable bonds is 10. The van der Waals surface area contributed by atoms with E-state index >= 15 is 0 Å². The Morgan fingerprint density at radius 2 is 1.68 bits per heavy atom. The van der Waals surface area contributed by atoms with Crippen LogP contribution in [-0.4, -0.2) is 64.3 Å². The van der Waals surface area contributed by atoms with Crippen molar-refractivity contribution in [2.24, 2.45) is 0 Å². The van der Waals surface area contributed by atoms with Gasteiger partial charge in [-0.15, -0.1) is 0 Å². The van der Waals surface area contributed by atoms with Gasteiger partial charge >= 0.3 is 0 Å². The number of hydrogen-bond donors (Lipinski definition) is 1. The van der Waals surface area contributed by atoms with Crippen molar-refractivity contribution in [3.63, 3.8) is 0 Å². The Balaban J connectivity index is 1.54. The first-order valence-electron chi connectivity index (χ1n) is 13.4. The van der Waals surface area contributed by atoms with E-state index in [1.165, 1.54) is 11.8 Å². The molecule has 0 radical (unpaired) electrons. The number of carbonyl (C=O) groups excluding carboxylic acids is 2. The summed E-state index contributed by atoms with van der Waals surface area (Å²) >= 11 is 7.38. The number of morpholine rings is 1. The van der Waals surface area contributed by atoms with Crippen LogP contribution in [0.5, 0.6) is 0 Å². The van der Waals surface area contributed by atoms with Gasteiger partial charge < -0.3 is 19.9 Å². The molecule has 2 aromatic carbocycles. The molecule has 8 nitrogen and oxygen atoms in total. The van der Waals surface area contributed by atoms with Crippen molar-refractivity contribution in [2.75, 3.05) is 42.3 Å². The second-order valence-corrected chi connectivity index (χ2v) is 11.4. The second-order valence-electron chi connectivity index (χ2n) is 10.1. The minimum atomic E-state index is -1.11. The molecule has 1 aromatic heterocycles. The smallest absolute Gasteiger partial charge is 0.250 e. The SMILES string of the molecule is CCC(C)(C(=O)Nc1ccc(N2CCOCC2)cc1)N(Cc1ccc(Cl)cc1)C(=O)CSc1nc(C)cc(C)n1. The van der Waals surface area contributed by atoms with Gasteiger partial charge in [-0.05, 0) is 75.2 Å². The van der Waals surface area contributed by atoms with Gasteiger partial charge in [0.1, 0.15) is 5.54 Å². The summed E-state index contributed by atoms with van der Waals surface area (Å²) in [5, 5.41) is 4.21. The van der Waals surface area contributed by atoms with Crippen molar-refractivity contribution >= 4 is 46.6 Å². The Kier molecular flexibility index (Phi) is 10.1. The molecule has 10 heteroatoms. The predicted octanol–water partition coefficient (Wildman–Crippen LogP) is 5.51. The molecule has 40 heavy (non-hydrogen) atoms. The number of ether oxygens (including phenoxy) is 1.